The molecule has 1 aliphatic heterocycles. The lowest BCUT2D eigenvalue weighted by molar-refractivity contribution is -0.146. The predicted molar refractivity (Wildman–Crippen MR) is 91.5 cm³/mol. The second-order valence-corrected chi connectivity index (χ2v) is 7.04. The molecular formula is C18H24N2O5. The van der Waals surface area contributed by atoms with Crippen molar-refractivity contribution in [1.82, 2.24) is 9.80 Å². The van der Waals surface area contributed by atoms with Gasteiger partial charge in [0.2, 0.25) is 5.91 Å². The molecule has 1 fully saturated rings. The van der Waals surface area contributed by atoms with Gasteiger partial charge in [0.05, 0.1) is 5.54 Å². The monoisotopic (exact) mass is 348 g/mol. The van der Waals surface area contributed by atoms with Gasteiger partial charge in [0.15, 0.2) is 6.61 Å². The molecule has 0 saturated carbocycles. The van der Waals surface area contributed by atoms with Crippen molar-refractivity contribution in [1.29, 1.82) is 0 Å². The van der Waals surface area contributed by atoms with Crippen molar-refractivity contribution < 1.29 is 24.2 Å². The van der Waals surface area contributed by atoms with E-state index < -0.39 is 18.1 Å². The summed E-state index contributed by atoms with van der Waals surface area (Å²) >= 11 is 0. The average molecular weight is 348 g/mol. The molecule has 0 radical (unpaired) electrons. The first-order valence-corrected chi connectivity index (χ1v) is 8.18. The molecule has 2 amide bonds. The first-order chi connectivity index (χ1) is 11.6. The molecule has 1 saturated heterocycles. The minimum absolute atomic E-state index is 0.0533. The van der Waals surface area contributed by atoms with Gasteiger partial charge in [0, 0.05) is 18.2 Å². The fourth-order valence-electron chi connectivity index (χ4n) is 3.33. The van der Waals surface area contributed by atoms with Gasteiger partial charge in [-0.1, -0.05) is 0 Å². The number of carbonyl (C=O) groups is 3. The van der Waals surface area contributed by atoms with Gasteiger partial charge in [-0.2, -0.15) is 0 Å². The van der Waals surface area contributed by atoms with E-state index in [0.717, 1.165) is 0 Å². The Morgan fingerprint density at radius 1 is 1.24 bits per heavy atom. The van der Waals surface area contributed by atoms with Crippen molar-refractivity contribution in [3.05, 3.63) is 29.8 Å². The predicted octanol–water partition coefficient (Wildman–Crippen LogP) is 1.62. The molecule has 0 spiro atoms. The van der Waals surface area contributed by atoms with Crippen LogP contribution >= 0.6 is 0 Å². The molecule has 0 bridgehead atoms. The first kappa shape index (κ1) is 18.8. The molecule has 0 atom stereocenters. The van der Waals surface area contributed by atoms with Crippen molar-refractivity contribution in [3.8, 4) is 5.75 Å². The highest BCUT2D eigenvalue weighted by atomic mass is 16.5. The maximum absolute atomic E-state index is 12.7. The topological polar surface area (TPSA) is 87.2 Å². The van der Waals surface area contributed by atoms with Crippen LogP contribution in [0.1, 0.15) is 38.1 Å². The van der Waals surface area contributed by atoms with E-state index in [4.69, 9.17) is 9.84 Å². The van der Waals surface area contributed by atoms with Crippen LogP contribution in [0.2, 0.25) is 0 Å². The molecule has 0 aliphatic carbocycles. The summed E-state index contributed by atoms with van der Waals surface area (Å²) < 4.78 is 5.05. The number of benzene rings is 1. The number of ether oxygens (including phenoxy) is 1. The Hall–Kier alpha value is -2.57. The SMILES string of the molecule is CC(C)N1C(=O)CN(C(=O)c2ccc(OCC(=O)O)cc2)CC1(C)C. The zero-order chi connectivity index (χ0) is 18.8. The number of carboxylic acids is 1. The first-order valence-electron chi connectivity index (χ1n) is 8.18. The number of piperazine rings is 1. The van der Waals surface area contributed by atoms with Crippen LogP contribution in [-0.4, -0.2) is 64.0 Å². The fraction of sp³-hybridized carbons (Fsp3) is 0.500. The van der Waals surface area contributed by atoms with Gasteiger partial charge in [-0.25, -0.2) is 4.79 Å². The van der Waals surface area contributed by atoms with Gasteiger partial charge in [-0.3, -0.25) is 9.59 Å². The largest absolute Gasteiger partial charge is 0.482 e. The van der Waals surface area contributed by atoms with Crippen LogP contribution in [0.15, 0.2) is 24.3 Å². The summed E-state index contributed by atoms with van der Waals surface area (Å²) in [5, 5.41) is 8.60. The third-order valence-electron chi connectivity index (χ3n) is 4.09. The number of rotatable bonds is 5. The Labute approximate surface area is 147 Å². The summed E-state index contributed by atoms with van der Waals surface area (Å²) in [7, 11) is 0. The number of aliphatic carboxylic acids is 1. The van der Waals surface area contributed by atoms with E-state index in [1.165, 1.54) is 0 Å². The van der Waals surface area contributed by atoms with Crippen LogP contribution < -0.4 is 4.74 Å². The van der Waals surface area contributed by atoms with Gasteiger partial charge >= 0.3 is 5.97 Å². The Bertz CT molecular complexity index is 667. The number of amides is 2. The van der Waals surface area contributed by atoms with E-state index in [-0.39, 0.29) is 24.4 Å². The molecule has 1 aromatic rings. The fourth-order valence-corrected chi connectivity index (χ4v) is 3.33. The van der Waals surface area contributed by atoms with Crippen LogP contribution in [0.25, 0.3) is 0 Å². The molecule has 1 N–H and O–H groups in total. The minimum atomic E-state index is -1.07. The molecule has 0 unspecified atom stereocenters. The van der Waals surface area contributed by atoms with Gasteiger partial charge in [-0.15, -0.1) is 0 Å². The molecule has 0 aromatic heterocycles. The number of carboxylic acid groups (broad SMARTS) is 1. The highest BCUT2D eigenvalue weighted by Crippen LogP contribution is 2.25. The molecule has 1 aromatic carbocycles. The maximum atomic E-state index is 12.7. The molecule has 7 nitrogen and oxygen atoms in total. The summed E-state index contributed by atoms with van der Waals surface area (Å²) in [5.74, 6) is -0.987. The summed E-state index contributed by atoms with van der Waals surface area (Å²) in [4.78, 5) is 39.0. The lowest BCUT2D eigenvalue weighted by atomic mass is 9.96. The molecule has 2 rings (SSSR count). The molecule has 136 valence electrons. The Kier molecular flexibility index (Phi) is 5.35. The summed E-state index contributed by atoms with van der Waals surface area (Å²) in [6.07, 6.45) is 0. The van der Waals surface area contributed by atoms with Crippen LogP contribution in [0.5, 0.6) is 5.75 Å². The number of hydrogen-bond donors (Lipinski definition) is 1. The van der Waals surface area contributed by atoms with E-state index in [1.54, 1.807) is 29.2 Å². The third kappa shape index (κ3) is 4.29. The lowest BCUT2D eigenvalue weighted by Gasteiger charge is -2.48. The number of hydrogen-bond acceptors (Lipinski definition) is 4. The van der Waals surface area contributed by atoms with E-state index in [2.05, 4.69) is 0 Å². The summed E-state index contributed by atoms with van der Waals surface area (Å²) in [6, 6.07) is 6.32. The van der Waals surface area contributed by atoms with Crippen molar-refractivity contribution >= 4 is 17.8 Å². The van der Waals surface area contributed by atoms with E-state index >= 15 is 0 Å². The Morgan fingerprint density at radius 2 is 1.84 bits per heavy atom. The summed E-state index contributed by atoms with van der Waals surface area (Å²) in [5.41, 5.74) is -0.00626. The standard InChI is InChI=1S/C18H24N2O5/c1-12(2)20-15(21)9-19(11-18(20,3)4)17(24)13-5-7-14(8-6-13)25-10-16(22)23/h5-8,12H,9-11H2,1-4H3,(H,22,23). The zero-order valence-corrected chi connectivity index (χ0v) is 15.0. The minimum Gasteiger partial charge on any atom is -0.482 e. The molecule has 1 aliphatic rings. The molecular weight excluding hydrogens is 324 g/mol. The smallest absolute Gasteiger partial charge is 0.341 e. The number of carbonyl (C=O) groups excluding carboxylic acids is 2. The maximum Gasteiger partial charge on any atom is 0.341 e. The van der Waals surface area contributed by atoms with Crippen LogP contribution in [0.3, 0.4) is 0 Å². The van der Waals surface area contributed by atoms with E-state index in [0.29, 0.717) is 17.9 Å². The van der Waals surface area contributed by atoms with Gasteiger partial charge in [-0.05, 0) is 52.0 Å². The van der Waals surface area contributed by atoms with Crippen LogP contribution in [0.4, 0.5) is 0 Å². The molecule has 25 heavy (non-hydrogen) atoms. The van der Waals surface area contributed by atoms with Crippen molar-refractivity contribution in [2.24, 2.45) is 0 Å². The molecule has 7 heteroatoms. The zero-order valence-electron chi connectivity index (χ0n) is 15.0. The lowest BCUT2D eigenvalue weighted by Crippen LogP contribution is -2.64. The second-order valence-electron chi connectivity index (χ2n) is 7.04. The highest BCUT2D eigenvalue weighted by molar-refractivity contribution is 5.97. The van der Waals surface area contributed by atoms with Gasteiger partial charge in [0.1, 0.15) is 12.3 Å². The van der Waals surface area contributed by atoms with Crippen LogP contribution in [-0.2, 0) is 9.59 Å². The highest BCUT2D eigenvalue weighted by Gasteiger charge is 2.41. The van der Waals surface area contributed by atoms with E-state index in [1.807, 2.05) is 32.6 Å². The average Bonchev–Trinajstić information content (AvgIpc) is 2.50. The normalized spacial score (nSPS) is 16.9. The summed E-state index contributed by atoms with van der Waals surface area (Å²) in [6.45, 7) is 7.90. The quantitative estimate of drug-likeness (QED) is 0.874. The van der Waals surface area contributed by atoms with Crippen molar-refractivity contribution in [2.45, 2.75) is 39.3 Å². The van der Waals surface area contributed by atoms with Crippen molar-refractivity contribution in [3.63, 3.8) is 0 Å². The Morgan fingerprint density at radius 3 is 2.32 bits per heavy atom. The Balaban J connectivity index is 2.10. The third-order valence-corrected chi connectivity index (χ3v) is 4.09. The van der Waals surface area contributed by atoms with E-state index in [9.17, 15) is 14.4 Å². The van der Waals surface area contributed by atoms with Crippen LogP contribution in [0, 0.1) is 0 Å². The van der Waals surface area contributed by atoms with Gasteiger partial charge < -0.3 is 19.6 Å². The molecule has 1 heterocycles. The van der Waals surface area contributed by atoms with Gasteiger partial charge in [0.25, 0.3) is 5.91 Å². The number of nitrogens with zero attached hydrogens (tertiary/aromatic N) is 2. The second kappa shape index (κ2) is 7.13. The van der Waals surface area contributed by atoms with Crippen molar-refractivity contribution in [2.75, 3.05) is 19.7 Å².